The van der Waals surface area contributed by atoms with Crippen LogP contribution in [0.5, 0.6) is 0 Å². The van der Waals surface area contributed by atoms with Gasteiger partial charge in [-0.25, -0.2) is 9.80 Å². The average Bonchev–Trinajstić information content (AvgIpc) is 3.10. The zero-order valence-corrected chi connectivity index (χ0v) is 19.5. The number of nitrogens with zero attached hydrogens (tertiary/aromatic N) is 3. The monoisotopic (exact) mass is 474 g/mol. The van der Waals surface area contributed by atoms with E-state index in [1.54, 1.807) is 29.0 Å². The maximum absolute atomic E-state index is 13.1. The van der Waals surface area contributed by atoms with E-state index in [9.17, 15) is 9.59 Å². The van der Waals surface area contributed by atoms with E-state index in [1.165, 1.54) is 0 Å². The second kappa shape index (κ2) is 8.50. The van der Waals surface area contributed by atoms with Gasteiger partial charge in [0, 0.05) is 21.8 Å². The molecule has 0 fully saturated rings. The molecule has 3 aromatic rings. The van der Waals surface area contributed by atoms with Crippen molar-refractivity contribution in [2.24, 2.45) is 5.10 Å². The molecule has 0 aromatic heterocycles. The maximum Gasteiger partial charge on any atom is 0.376 e. The standard InChI is InChI=1S/C26H23ClN4O3/c1-3-34-25(33)24-29-31(20-12-9-17(2)10-13-20)26(18-7-5-4-6-8-18)21-15-19(27)11-14-22(21)28-23(32)16-30(24)26/h4-15H,3,16H2,1-2H3,(H,28,32). The molecule has 3 aromatic carbocycles. The lowest BCUT2D eigenvalue weighted by atomic mass is 9.87. The number of rotatable bonds is 4. The number of amides is 1. The molecule has 2 aliphatic heterocycles. The summed E-state index contributed by atoms with van der Waals surface area (Å²) in [5, 5.41) is 10.0. The van der Waals surface area contributed by atoms with Crippen molar-refractivity contribution >= 4 is 40.7 Å². The SMILES string of the molecule is CCOC(=O)C1=NN(c2ccc(C)cc2)C2(c3ccccc3)c3cc(Cl)ccc3NC(=O)CN12. The lowest BCUT2D eigenvalue weighted by molar-refractivity contribution is -0.136. The molecule has 1 atom stereocenters. The fourth-order valence-electron chi connectivity index (χ4n) is 4.57. The number of hydrazone groups is 1. The van der Waals surface area contributed by atoms with Crippen LogP contribution in [0, 0.1) is 6.92 Å². The summed E-state index contributed by atoms with van der Waals surface area (Å²) in [7, 11) is 0. The first kappa shape index (κ1) is 22.0. The quantitative estimate of drug-likeness (QED) is 0.563. The van der Waals surface area contributed by atoms with Crippen LogP contribution < -0.4 is 10.3 Å². The fraction of sp³-hybridized carbons (Fsp3) is 0.192. The number of amidine groups is 1. The minimum Gasteiger partial charge on any atom is -0.460 e. The summed E-state index contributed by atoms with van der Waals surface area (Å²) in [6.07, 6.45) is 0. The molecule has 7 nitrogen and oxygen atoms in total. The molecule has 172 valence electrons. The molecule has 34 heavy (non-hydrogen) atoms. The third-order valence-corrected chi connectivity index (χ3v) is 6.23. The maximum atomic E-state index is 13.1. The van der Waals surface area contributed by atoms with Gasteiger partial charge in [0.2, 0.25) is 11.7 Å². The van der Waals surface area contributed by atoms with Gasteiger partial charge in [-0.3, -0.25) is 4.79 Å². The number of fused-ring (bicyclic) bond motifs is 3. The Kier molecular flexibility index (Phi) is 5.49. The lowest BCUT2D eigenvalue weighted by Crippen LogP contribution is -2.56. The molecule has 0 radical (unpaired) electrons. The van der Waals surface area contributed by atoms with Gasteiger partial charge >= 0.3 is 5.97 Å². The van der Waals surface area contributed by atoms with Crippen molar-refractivity contribution in [1.82, 2.24) is 4.90 Å². The van der Waals surface area contributed by atoms with Crippen molar-refractivity contribution in [3.8, 4) is 0 Å². The van der Waals surface area contributed by atoms with E-state index in [4.69, 9.17) is 21.4 Å². The van der Waals surface area contributed by atoms with Gasteiger partial charge in [0.05, 0.1) is 12.3 Å². The third kappa shape index (κ3) is 3.40. The summed E-state index contributed by atoms with van der Waals surface area (Å²) in [6, 6.07) is 22.8. The molecule has 1 unspecified atom stereocenters. The summed E-state index contributed by atoms with van der Waals surface area (Å²) in [4.78, 5) is 27.9. The van der Waals surface area contributed by atoms with E-state index in [-0.39, 0.29) is 24.9 Å². The summed E-state index contributed by atoms with van der Waals surface area (Å²) >= 11 is 6.49. The molecule has 2 heterocycles. The summed E-state index contributed by atoms with van der Waals surface area (Å²) in [5.74, 6) is -0.825. The third-order valence-electron chi connectivity index (χ3n) is 5.99. The second-order valence-corrected chi connectivity index (χ2v) is 8.59. The number of hydrogen-bond donors (Lipinski definition) is 1. The van der Waals surface area contributed by atoms with Gasteiger partial charge < -0.3 is 15.0 Å². The van der Waals surface area contributed by atoms with Crippen molar-refractivity contribution in [2.75, 3.05) is 23.5 Å². The predicted molar refractivity (Wildman–Crippen MR) is 132 cm³/mol. The first-order chi connectivity index (χ1) is 16.4. The summed E-state index contributed by atoms with van der Waals surface area (Å²) in [6.45, 7) is 3.81. The topological polar surface area (TPSA) is 74.2 Å². The number of carbonyl (C=O) groups is 2. The van der Waals surface area contributed by atoms with Gasteiger partial charge in [0.25, 0.3) is 0 Å². The molecule has 0 aliphatic carbocycles. The van der Waals surface area contributed by atoms with Crippen molar-refractivity contribution in [3.05, 3.63) is 94.5 Å². The molecule has 8 heteroatoms. The van der Waals surface area contributed by atoms with Gasteiger partial charge in [-0.1, -0.05) is 59.6 Å². The summed E-state index contributed by atoms with van der Waals surface area (Å²) in [5.41, 5.74) is 2.78. The van der Waals surface area contributed by atoms with Crippen LogP contribution in [0.2, 0.25) is 5.02 Å². The summed E-state index contributed by atoms with van der Waals surface area (Å²) < 4.78 is 5.35. The van der Waals surface area contributed by atoms with Gasteiger partial charge in [-0.2, -0.15) is 0 Å². The second-order valence-electron chi connectivity index (χ2n) is 8.15. The van der Waals surface area contributed by atoms with E-state index in [0.29, 0.717) is 16.3 Å². The van der Waals surface area contributed by atoms with Gasteiger partial charge in [0.15, 0.2) is 5.66 Å². The van der Waals surface area contributed by atoms with Crippen LogP contribution in [0.1, 0.15) is 23.6 Å². The smallest absolute Gasteiger partial charge is 0.376 e. The van der Waals surface area contributed by atoms with E-state index in [1.807, 2.05) is 67.6 Å². The molecule has 0 saturated heterocycles. The normalized spacial score (nSPS) is 19.0. The van der Waals surface area contributed by atoms with Gasteiger partial charge in [-0.05, 0) is 44.2 Å². The molecular formula is C26H23ClN4O3. The molecular weight excluding hydrogens is 452 g/mol. The van der Waals surface area contributed by atoms with Crippen LogP contribution in [0.15, 0.2) is 77.9 Å². The van der Waals surface area contributed by atoms with E-state index < -0.39 is 11.6 Å². The van der Waals surface area contributed by atoms with Crippen LogP contribution >= 0.6 is 11.6 Å². The van der Waals surface area contributed by atoms with Crippen molar-refractivity contribution < 1.29 is 14.3 Å². The Morgan fingerprint density at radius 2 is 1.85 bits per heavy atom. The van der Waals surface area contributed by atoms with E-state index in [2.05, 4.69) is 5.32 Å². The first-order valence-electron chi connectivity index (χ1n) is 11.0. The van der Waals surface area contributed by atoms with Gasteiger partial charge in [-0.15, -0.1) is 5.10 Å². The predicted octanol–water partition coefficient (Wildman–Crippen LogP) is 4.50. The molecule has 1 amide bonds. The molecule has 0 spiro atoms. The van der Waals surface area contributed by atoms with Crippen molar-refractivity contribution in [2.45, 2.75) is 19.5 Å². The van der Waals surface area contributed by atoms with Crippen LogP contribution in [0.3, 0.4) is 0 Å². The Hall–Kier alpha value is -3.84. The van der Waals surface area contributed by atoms with Crippen molar-refractivity contribution in [3.63, 3.8) is 0 Å². The number of hydrogen-bond acceptors (Lipinski definition) is 6. The number of ether oxygens (including phenoxy) is 1. The number of nitrogens with one attached hydrogen (secondary N) is 1. The Labute approximate surface area is 202 Å². The highest BCUT2D eigenvalue weighted by atomic mass is 35.5. The number of anilines is 2. The van der Waals surface area contributed by atoms with E-state index >= 15 is 0 Å². The highest BCUT2D eigenvalue weighted by molar-refractivity contribution is 6.37. The van der Waals surface area contributed by atoms with Crippen LogP contribution in [0.4, 0.5) is 11.4 Å². The number of halogens is 1. The Morgan fingerprint density at radius 1 is 1.12 bits per heavy atom. The Balaban J connectivity index is 1.88. The molecule has 1 N–H and O–H groups in total. The average molecular weight is 475 g/mol. The highest BCUT2D eigenvalue weighted by Crippen LogP contribution is 2.50. The Bertz CT molecular complexity index is 1290. The van der Waals surface area contributed by atoms with Gasteiger partial charge in [0.1, 0.15) is 6.54 Å². The minimum absolute atomic E-state index is 0.0502. The number of carbonyl (C=O) groups excluding carboxylic acids is 2. The van der Waals surface area contributed by atoms with E-state index in [0.717, 1.165) is 16.8 Å². The Morgan fingerprint density at radius 3 is 2.56 bits per heavy atom. The minimum atomic E-state index is -1.17. The molecule has 5 rings (SSSR count). The zero-order valence-electron chi connectivity index (χ0n) is 18.8. The van der Waals surface area contributed by atoms with Crippen LogP contribution in [-0.2, 0) is 20.0 Å². The first-order valence-corrected chi connectivity index (χ1v) is 11.4. The number of esters is 1. The molecule has 0 saturated carbocycles. The van der Waals surface area contributed by atoms with Crippen LogP contribution in [-0.4, -0.2) is 35.8 Å². The molecule has 0 bridgehead atoms. The number of aryl methyl sites for hydroxylation is 1. The molecule has 2 aliphatic rings. The highest BCUT2D eigenvalue weighted by Gasteiger charge is 2.57. The zero-order chi connectivity index (χ0) is 23.9. The lowest BCUT2D eigenvalue weighted by Gasteiger charge is -2.44. The van der Waals surface area contributed by atoms with Crippen LogP contribution in [0.25, 0.3) is 0 Å². The largest absolute Gasteiger partial charge is 0.460 e. The fourth-order valence-corrected chi connectivity index (χ4v) is 4.74. The number of benzene rings is 3. The van der Waals surface area contributed by atoms with Crippen molar-refractivity contribution in [1.29, 1.82) is 0 Å².